The van der Waals surface area contributed by atoms with Crippen molar-refractivity contribution in [2.24, 2.45) is 0 Å². The van der Waals surface area contributed by atoms with Gasteiger partial charge in [-0.2, -0.15) is 0 Å². The molecule has 1 amide bonds. The van der Waals surface area contributed by atoms with Crippen LogP contribution in [0.1, 0.15) is 16.2 Å². The van der Waals surface area contributed by atoms with Gasteiger partial charge in [-0.3, -0.25) is 9.36 Å². The summed E-state index contributed by atoms with van der Waals surface area (Å²) >= 11 is 3.38. The summed E-state index contributed by atoms with van der Waals surface area (Å²) in [4.78, 5) is 21.0. The van der Waals surface area contributed by atoms with E-state index in [-0.39, 0.29) is 5.91 Å². The van der Waals surface area contributed by atoms with Crippen LogP contribution in [0.3, 0.4) is 0 Å². The third-order valence-electron chi connectivity index (χ3n) is 3.50. The molecule has 0 bridgehead atoms. The van der Waals surface area contributed by atoms with Gasteiger partial charge in [-0.25, -0.2) is 9.97 Å². The standard InChI is InChI=1S/C17H15BrN4O2/c1-11-19-7-8-22(11)16-6-3-12(10-20-16)21-17(23)14-9-13(24-2)4-5-15(14)18/h3-10H,1-2H3,(H,21,23). The van der Waals surface area contributed by atoms with E-state index in [2.05, 4.69) is 31.2 Å². The predicted octanol–water partition coefficient (Wildman–Crippen LogP) is 3.60. The van der Waals surface area contributed by atoms with Crippen molar-refractivity contribution in [2.45, 2.75) is 6.92 Å². The van der Waals surface area contributed by atoms with Gasteiger partial charge in [0.1, 0.15) is 17.4 Å². The molecule has 1 aromatic carbocycles. The van der Waals surface area contributed by atoms with Crippen LogP contribution >= 0.6 is 15.9 Å². The molecule has 2 aromatic heterocycles. The van der Waals surface area contributed by atoms with Gasteiger partial charge in [-0.15, -0.1) is 0 Å². The Bertz CT molecular complexity index is 875. The number of imidazole rings is 1. The van der Waals surface area contributed by atoms with Gasteiger partial charge in [0, 0.05) is 16.9 Å². The number of methoxy groups -OCH3 is 1. The Kier molecular flexibility index (Phi) is 4.61. The number of amides is 1. The van der Waals surface area contributed by atoms with E-state index < -0.39 is 0 Å². The van der Waals surface area contributed by atoms with Gasteiger partial charge < -0.3 is 10.1 Å². The van der Waals surface area contributed by atoms with Crippen LogP contribution in [-0.4, -0.2) is 27.6 Å². The van der Waals surface area contributed by atoms with Crippen molar-refractivity contribution in [3.63, 3.8) is 0 Å². The lowest BCUT2D eigenvalue weighted by atomic mass is 10.2. The van der Waals surface area contributed by atoms with Crippen LogP contribution in [-0.2, 0) is 0 Å². The van der Waals surface area contributed by atoms with Gasteiger partial charge in [0.25, 0.3) is 5.91 Å². The van der Waals surface area contributed by atoms with Crippen molar-refractivity contribution in [1.29, 1.82) is 0 Å². The van der Waals surface area contributed by atoms with Gasteiger partial charge in [0.15, 0.2) is 0 Å². The van der Waals surface area contributed by atoms with Crippen molar-refractivity contribution >= 4 is 27.5 Å². The molecule has 0 unspecified atom stereocenters. The summed E-state index contributed by atoms with van der Waals surface area (Å²) in [6.07, 6.45) is 5.16. The quantitative estimate of drug-likeness (QED) is 0.743. The first kappa shape index (κ1) is 16.2. The highest BCUT2D eigenvalue weighted by Gasteiger charge is 2.12. The number of hydrogen-bond donors (Lipinski definition) is 1. The largest absolute Gasteiger partial charge is 0.497 e. The molecular weight excluding hydrogens is 372 g/mol. The fraction of sp³-hybridized carbons (Fsp3) is 0.118. The van der Waals surface area contributed by atoms with E-state index in [1.165, 1.54) is 0 Å². The normalized spacial score (nSPS) is 10.5. The van der Waals surface area contributed by atoms with Gasteiger partial charge in [-0.05, 0) is 53.2 Å². The predicted molar refractivity (Wildman–Crippen MR) is 94.7 cm³/mol. The average Bonchev–Trinajstić information content (AvgIpc) is 3.02. The second-order valence-electron chi connectivity index (χ2n) is 5.05. The van der Waals surface area contributed by atoms with Crippen LogP contribution in [0.5, 0.6) is 5.75 Å². The van der Waals surface area contributed by atoms with Crippen LogP contribution < -0.4 is 10.1 Å². The lowest BCUT2D eigenvalue weighted by Gasteiger charge is -2.09. The summed E-state index contributed by atoms with van der Waals surface area (Å²) in [5.41, 5.74) is 1.10. The van der Waals surface area contributed by atoms with Crippen molar-refractivity contribution in [2.75, 3.05) is 12.4 Å². The van der Waals surface area contributed by atoms with Crippen LogP contribution in [0.2, 0.25) is 0 Å². The number of aromatic nitrogens is 3. The number of anilines is 1. The first-order chi connectivity index (χ1) is 11.6. The van der Waals surface area contributed by atoms with E-state index in [0.29, 0.717) is 21.5 Å². The molecule has 0 saturated heterocycles. The van der Waals surface area contributed by atoms with E-state index >= 15 is 0 Å². The number of rotatable bonds is 4. The zero-order valence-electron chi connectivity index (χ0n) is 13.2. The smallest absolute Gasteiger partial charge is 0.256 e. The third-order valence-corrected chi connectivity index (χ3v) is 4.19. The number of nitrogens with one attached hydrogen (secondary N) is 1. The molecule has 0 spiro atoms. The highest BCUT2D eigenvalue weighted by atomic mass is 79.9. The van der Waals surface area contributed by atoms with Crippen LogP contribution in [0, 0.1) is 6.92 Å². The molecule has 1 N–H and O–H groups in total. The molecule has 0 saturated carbocycles. The molecule has 0 fully saturated rings. The van der Waals surface area contributed by atoms with Crippen LogP contribution in [0.4, 0.5) is 5.69 Å². The summed E-state index contributed by atoms with van der Waals surface area (Å²) in [5.74, 6) is 1.96. The van der Waals surface area contributed by atoms with Crippen molar-refractivity contribution in [3.05, 3.63) is 64.8 Å². The van der Waals surface area contributed by atoms with Gasteiger partial charge in [0.05, 0.1) is 24.6 Å². The summed E-state index contributed by atoms with van der Waals surface area (Å²) in [6.45, 7) is 1.90. The molecular formula is C17H15BrN4O2. The van der Waals surface area contributed by atoms with E-state index in [0.717, 1.165) is 11.6 Å². The summed E-state index contributed by atoms with van der Waals surface area (Å²) in [6, 6.07) is 8.86. The van der Waals surface area contributed by atoms with Crippen molar-refractivity contribution < 1.29 is 9.53 Å². The monoisotopic (exact) mass is 386 g/mol. The first-order valence-electron chi connectivity index (χ1n) is 7.20. The zero-order chi connectivity index (χ0) is 17.1. The molecule has 6 nitrogen and oxygen atoms in total. The lowest BCUT2D eigenvalue weighted by molar-refractivity contribution is 0.102. The molecule has 24 heavy (non-hydrogen) atoms. The molecule has 2 heterocycles. The molecule has 0 aliphatic heterocycles. The Morgan fingerprint density at radius 2 is 2.08 bits per heavy atom. The van der Waals surface area contributed by atoms with Crippen molar-refractivity contribution in [1.82, 2.24) is 14.5 Å². The molecule has 0 radical (unpaired) electrons. The molecule has 0 aliphatic rings. The van der Waals surface area contributed by atoms with E-state index in [4.69, 9.17) is 4.74 Å². The van der Waals surface area contributed by atoms with Gasteiger partial charge in [0.2, 0.25) is 0 Å². The minimum atomic E-state index is -0.242. The minimum absolute atomic E-state index is 0.242. The third kappa shape index (κ3) is 3.30. The number of benzene rings is 1. The zero-order valence-corrected chi connectivity index (χ0v) is 14.7. The number of ether oxygens (including phenoxy) is 1. The Labute approximate surface area is 147 Å². The maximum absolute atomic E-state index is 12.4. The number of halogens is 1. The molecule has 122 valence electrons. The number of hydrogen-bond acceptors (Lipinski definition) is 4. The number of carbonyl (C=O) groups excluding carboxylic acids is 1. The maximum Gasteiger partial charge on any atom is 0.256 e. The summed E-state index contributed by atoms with van der Waals surface area (Å²) in [5, 5.41) is 2.83. The highest BCUT2D eigenvalue weighted by molar-refractivity contribution is 9.10. The first-order valence-corrected chi connectivity index (χ1v) is 7.99. The number of nitrogens with zero attached hydrogens (tertiary/aromatic N) is 3. The molecule has 0 atom stereocenters. The van der Waals surface area contributed by atoms with E-state index in [1.807, 2.05) is 23.8 Å². The second-order valence-corrected chi connectivity index (χ2v) is 5.90. The maximum atomic E-state index is 12.4. The number of aryl methyl sites for hydroxylation is 1. The number of pyridine rings is 1. The minimum Gasteiger partial charge on any atom is -0.497 e. The highest BCUT2D eigenvalue weighted by Crippen LogP contribution is 2.23. The Hall–Kier alpha value is -2.67. The topological polar surface area (TPSA) is 69.0 Å². The molecule has 3 rings (SSSR count). The molecule has 0 aliphatic carbocycles. The van der Waals surface area contributed by atoms with Gasteiger partial charge in [-0.1, -0.05) is 0 Å². The van der Waals surface area contributed by atoms with Crippen LogP contribution in [0.25, 0.3) is 5.82 Å². The Morgan fingerprint density at radius 1 is 1.25 bits per heavy atom. The van der Waals surface area contributed by atoms with Crippen molar-refractivity contribution in [3.8, 4) is 11.6 Å². The summed E-state index contributed by atoms with van der Waals surface area (Å²) < 4.78 is 7.72. The summed E-state index contributed by atoms with van der Waals surface area (Å²) in [7, 11) is 1.56. The van der Waals surface area contributed by atoms with E-state index in [9.17, 15) is 4.79 Å². The average molecular weight is 387 g/mol. The van der Waals surface area contributed by atoms with Crippen LogP contribution in [0.15, 0.2) is 53.4 Å². The van der Waals surface area contributed by atoms with E-state index in [1.54, 1.807) is 43.8 Å². The lowest BCUT2D eigenvalue weighted by Crippen LogP contribution is -2.13. The van der Waals surface area contributed by atoms with Gasteiger partial charge >= 0.3 is 0 Å². The molecule has 7 heteroatoms. The second kappa shape index (κ2) is 6.84. The SMILES string of the molecule is COc1ccc(Br)c(C(=O)Nc2ccc(-n3ccnc3C)nc2)c1. The fourth-order valence-corrected chi connectivity index (χ4v) is 2.65. The molecule has 3 aromatic rings. The fourth-order valence-electron chi connectivity index (χ4n) is 2.23. The number of carbonyl (C=O) groups is 1. The Balaban J connectivity index is 1.79. The Morgan fingerprint density at radius 3 is 2.71 bits per heavy atom.